The van der Waals surface area contributed by atoms with E-state index in [2.05, 4.69) is 0 Å². The highest BCUT2D eigenvalue weighted by molar-refractivity contribution is 6.34. The summed E-state index contributed by atoms with van der Waals surface area (Å²) >= 11 is 11.3. The highest BCUT2D eigenvalue weighted by atomic mass is 35.5. The second-order valence-electron chi connectivity index (χ2n) is 2.29. The molecule has 0 radical (unpaired) electrons. The lowest BCUT2D eigenvalue weighted by atomic mass is 10.1. The number of hydrogen-bond donors (Lipinski definition) is 0. The van der Waals surface area contributed by atoms with Gasteiger partial charge in [0.05, 0.1) is 0 Å². The molecule has 0 bridgehead atoms. The van der Waals surface area contributed by atoms with E-state index in [9.17, 15) is 0 Å². The third-order valence-electron chi connectivity index (χ3n) is 1.32. The van der Waals surface area contributed by atoms with Crippen molar-refractivity contribution in [3.63, 3.8) is 0 Å². The fraction of sp³-hybridized carbons (Fsp3) is 1.00. The molecule has 0 aromatic carbocycles. The molecule has 48 valence electrons. The molecule has 1 saturated heterocycles. The van der Waals surface area contributed by atoms with Crippen LogP contribution in [0.2, 0.25) is 0 Å². The van der Waals surface area contributed by atoms with Gasteiger partial charge in [-0.05, 0) is 0 Å². The monoisotopic (exact) mass is 154 g/mol. The fourth-order valence-corrected chi connectivity index (χ4v) is 1.06. The Balaban J connectivity index is 2.47. The molecule has 1 aliphatic rings. The Kier molecular flexibility index (Phi) is 1.46. The first-order valence-electron chi connectivity index (χ1n) is 2.58. The molecule has 0 unspecified atom stereocenters. The van der Waals surface area contributed by atoms with E-state index in [1.807, 2.05) is 13.8 Å². The van der Waals surface area contributed by atoms with Gasteiger partial charge in [-0.25, -0.2) is 0 Å². The summed E-state index contributed by atoms with van der Waals surface area (Å²) in [5, 5.41) is -0.554. The summed E-state index contributed by atoms with van der Waals surface area (Å²) in [6, 6.07) is 0. The quantitative estimate of drug-likeness (QED) is 0.417. The second kappa shape index (κ2) is 1.76. The molecule has 1 heterocycles. The largest absolute Gasteiger partial charge is 0.332 e. The van der Waals surface area contributed by atoms with Gasteiger partial charge in [0.15, 0.2) is 10.6 Å². The molecular weight excluding hydrogens is 147 g/mol. The molecule has 0 aromatic heterocycles. The smallest absolute Gasteiger partial charge is 0.186 e. The number of halogens is 2. The first-order valence-corrected chi connectivity index (χ1v) is 3.39. The predicted octanol–water partition coefficient (Wildman–Crippen LogP) is 2.17. The molecule has 0 aliphatic carbocycles. The van der Waals surface area contributed by atoms with Crippen LogP contribution in [0.3, 0.4) is 0 Å². The van der Waals surface area contributed by atoms with Crippen LogP contribution in [0.15, 0.2) is 0 Å². The topological polar surface area (TPSA) is 12.5 Å². The van der Waals surface area contributed by atoms with E-state index in [0.29, 0.717) is 5.92 Å². The van der Waals surface area contributed by atoms with Crippen LogP contribution >= 0.6 is 23.2 Å². The molecule has 3 heteroatoms. The Hall–Kier alpha value is 0.540. The molecule has 0 aromatic rings. The minimum Gasteiger partial charge on any atom is -0.332 e. The minimum absolute atomic E-state index is 0.274. The Labute approximate surface area is 58.9 Å². The van der Waals surface area contributed by atoms with Crippen molar-refractivity contribution < 1.29 is 4.74 Å². The predicted molar refractivity (Wildman–Crippen MR) is 34.1 cm³/mol. The van der Waals surface area contributed by atoms with Gasteiger partial charge in [0, 0.05) is 5.92 Å². The first kappa shape index (κ1) is 6.66. The maximum absolute atomic E-state index is 5.78. The van der Waals surface area contributed by atoms with E-state index in [1.54, 1.807) is 0 Å². The maximum Gasteiger partial charge on any atom is 0.186 e. The van der Waals surface area contributed by atoms with Gasteiger partial charge in [0.25, 0.3) is 0 Å². The van der Waals surface area contributed by atoms with Gasteiger partial charge in [0.1, 0.15) is 0 Å². The van der Waals surface area contributed by atoms with Crippen LogP contribution < -0.4 is 0 Å². The molecule has 0 spiro atoms. The Morgan fingerprint density at radius 3 is 2.00 bits per heavy atom. The molecule has 1 fully saturated rings. The molecule has 8 heavy (non-hydrogen) atoms. The molecule has 1 nitrogen and oxygen atoms in total. The van der Waals surface area contributed by atoms with Crippen molar-refractivity contribution in [1.82, 2.24) is 0 Å². The van der Waals surface area contributed by atoms with E-state index in [1.165, 1.54) is 0 Å². The highest BCUT2D eigenvalue weighted by Crippen LogP contribution is 2.48. The van der Waals surface area contributed by atoms with Crippen molar-refractivity contribution in [2.24, 2.45) is 5.92 Å². The maximum atomic E-state index is 5.78. The van der Waals surface area contributed by atoms with Crippen LogP contribution in [-0.4, -0.2) is 10.6 Å². The lowest BCUT2D eigenvalue weighted by Gasteiger charge is -2.04. The van der Waals surface area contributed by atoms with Crippen LogP contribution in [-0.2, 0) is 4.74 Å². The van der Waals surface area contributed by atoms with E-state index < -0.39 is 5.06 Å². The number of epoxide rings is 1. The van der Waals surface area contributed by atoms with Crippen LogP contribution in [0.5, 0.6) is 0 Å². The van der Waals surface area contributed by atoms with Crippen LogP contribution in [0, 0.1) is 5.92 Å². The number of alkyl halides is 2. The molecule has 0 N–H and O–H groups in total. The molecule has 0 saturated carbocycles. The molecular formula is C5H8Cl2O. The SMILES string of the molecule is CC(C)[C@@]1(Cl)O[C@@H]1Cl. The van der Waals surface area contributed by atoms with Crippen LogP contribution in [0.1, 0.15) is 13.8 Å². The van der Waals surface area contributed by atoms with Crippen LogP contribution in [0.4, 0.5) is 0 Å². The number of ether oxygens (including phenoxy) is 1. The zero-order valence-electron chi connectivity index (χ0n) is 4.82. The summed E-state index contributed by atoms with van der Waals surface area (Å²) < 4.78 is 4.90. The van der Waals surface area contributed by atoms with Crippen molar-refractivity contribution in [2.45, 2.75) is 24.5 Å². The molecule has 0 amide bonds. The van der Waals surface area contributed by atoms with E-state index >= 15 is 0 Å². The summed E-state index contributed by atoms with van der Waals surface area (Å²) in [6.07, 6.45) is 0. The summed E-state index contributed by atoms with van der Waals surface area (Å²) in [5.74, 6) is 0.298. The lowest BCUT2D eigenvalue weighted by molar-refractivity contribution is 0.318. The van der Waals surface area contributed by atoms with E-state index in [0.717, 1.165) is 0 Å². The molecule has 1 aliphatic heterocycles. The van der Waals surface area contributed by atoms with Gasteiger partial charge in [-0.3, -0.25) is 0 Å². The van der Waals surface area contributed by atoms with Crippen molar-refractivity contribution >= 4 is 23.2 Å². The average molecular weight is 155 g/mol. The van der Waals surface area contributed by atoms with E-state index in [4.69, 9.17) is 27.9 Å². The van der Waals surface area contributed by atoms with Crippen molar-refractivity contribution in [3.05, 3.63) is 0 Å². The summed E-state index contributed by atoms with van der Waals surface area (Å²) in [4.78, 5) is 0. The first-order chi connectivity index (χ1) is 3.57. The van der Waals surface area contributed by atoms with Crippen molar-refractivity contribution in [2.75, 3.05) is 0 Å². The zero-order chi connectivity index (χ0) is 6.36. The normalized spacial score (nSPS) is 45.4. The Morgan fingerprint density at radius 2 is 2.00 bits per heavy atom. The third kappa shape index (κ3) is 0.831. The average Bonchev–Trinajstić information content (AvgIpc) is 2.17. The standard InChI is InChI=1S/C5H8Cl2O/c1-3(2)5(7)4(6)8-5/h3-4H,1-2H3/t4-,5+/m0/s1. The van der Waals surface area contributed by atoms with Gasteiger partial charge in [-0.15, -0.1) is 0 Å². The number of rotatable bonds is 1. The fourth-order valence-electron chi connectivity index (χ4n) is 0.523. The Morgan fingerprint density at radius 1 is 1.62 bits per heavy atom. The van der Waals surface area contributed by atoms with Crippen LogP contribution in [0.25, 0.3) is 0 Å². The van der Waals surface area contributed by atoms with Gasteiger partial charge < -0.3 is 4.74 Å². The Bertz CT molecular complexity index is 105. The minimum atomic E-state index is -0.554. The summed E-state index contributed by atoms with van der Waals surface area (Å²) in [7, 11) is 0. The second-order valence-corrected chi connectivity index (χ2v) is 3.27. The third-order valence-corrected chi connectivity index (χ3v) is 2.57. The summed E-state index contributed by atoms with van der Waals surface area (Å²) in [6.45, 7) is 3.96. The highest BCUT2D eigenvalue weighted by Gasteiger charge is 2.56. The van der Waals surface area contributed by atoms with E-state index in [-0.39, 0.29) is 5.56 Å². The lowest BCUT2D eigenvalue weighted by Crippen LogP contribution is -2.11. The van der Waals surface area contributed by atoms with Crippen molar-refractivity contribution in [1.29, 1.82) is 0 Å². The van der Waals surface area contributed by atoms with Crippen molar-refractivity contribution in [3.8, 4) is 0 Å². The van der Waals surface area contributed by atoms with Gasteiger partial charge in [-0.1, -0.05) is 37.0 Å². The summed E-state index contributed by atoms with van der Waals surface area (Å²) in [5.41, 5.74) is -0.274. The van der Waals surface area contributed by atoms with Gasteiger partial charge >= 0.3 is 0 Å². The number of hydrogen-bond acceptors (Lipinski definition) is 1. The van der Waals surface area contributed by atoms with Gasteiger partial charge in [0.2, 0.25) is 0 Å². The zero-order valence-corrected chi connectivity index (χ0v) is 6.33. The molecule has 1 rings (SSSR count). The molecule has 2 atom stereocenters. The van der Waals surface area contributed by atoms with Gasteiger partial charge in [-0.2, -0.15) is 0 Å².